The fourth-order valence-corrected chi connectivity index (χ4v) is 7.63. The number of carbonyl (C=O) groups excluding carboxylic acids is 2. The number of carbonyl (C=O) groups is 2. The van der Waals surface area contributed by atoms with Crippen molar-refractivity contribution in [3.8, 4) is 0 Å². The highest BCUT2D eigenvalue weighted by atomic mass is 35.5. The van der Waals surface area contributed by atoms with Crippen LogP contribution in [0.3, 0.4) is 0 Å². The highest BCUT2D eigenvalue weighted by Gasteiger charge is 2.64. The number of alkyl halides is 1. The van der Waals surface area contributed by atoms with E-state index in [4.69, 9.17) is 11.6 Å². The Labute approximate surface area is 160 Å². The monoisotopic (exact) mass is 376 g/mol. The fourth-order valence-electron chi connectivity index (χ4n) is 7.46. The van der Waals surface area contributed by atoms with Gasteiger partial charge in [0, 0.05) is 17.3 Å². The summed E-state index contributed by atoms with van der Waals surface area (Å²) >= 11 is 5.93. The van der Waals surface area contributed by atoms with Crippen molar-refractivity contribution in [2.75, 3.05) is 5.88 Å². The molecular weight excluding hydrogens is 348 g/mol. The molecule has 4 aliphatic rings. The van der Waals surface area contributed by atoms with E-state index >= 15 is 0 Å². The molecule has 0 radical (unpaired) electrons. The Morgan fingerprint density at radius 2 is 2.12 bits per heavy atom. The van der Waals surface area contributed by atoms with Crippen LogP contribution in [0, 0.1) is 40.4 Å². The summed E-state index contributed by atoms with van der Waals surface area (Å²) < 4.78 is 0. The number of aliphatic hydroxyl groups is 1. The number of allylic oxidation sites excluding steroid dienone is 4. The maximum absolute atomic E-state index is 12.6. The molecule has 1 N–H and O–H groups in total. The van der Waals surface area contributed by atoms with Gasteiger partial charge in [0.05, 0.1) is 12.0 Å². The first-order chi connectivity index (χ1) is 12.2. The van der Waals surface area contributed by atoms with Crippen LogP contribution < -0.4 is 0 Å². The Bertz CT molecular complexity index is 710. The molecule has 7 unspecified atom stereocenters. The molecular formula is C22H29ClO3. The molecule has 26 heavy (non-hydrogen) atoms. The van der Waals surface area contributed by atoms with E-state index in [1.54, 1.807) is 12.2 Å². The molecule has 0 bridgehead atoms. The minimum absolute atomic E-state index is 0.0474. The van der Waals surface area contributed by atoms with Crippen molar-refractivity contribution in [2.24, 2.45) is 40.4 Å². The van der Waals surface area contributed by atoms with Crippen LogP contribution in [-0.2, 0) is 9.59 Å². The zero-order valence-electron chi connectivity index (χ0n) is 15.9. The Hall–Kier alpha value is -0.930. The van der Waals surface area contributed by atoms with Gasteiger partial charge in [0.2, 0.25) is 0 Å². The van der Waals surface area contributed by atoms with Gasteiger partial charge in [0.15, 0.2) is 11.6 Å². The van der Waals surface area contributed by atoms with E-state index in [0.29, 0.717) is 24.2 Å². The van der Waals surface area contributed by atoms with Crippen molar-refractivity contribution >= 4 is 23.2 Å². The van der Waals surface area contributed by atoms with Crippen LogP contribution in [0.1, 0.15) is 46.5 Å². The second-order valence-electron chi connectivity index (χ2n) is 9.59. The molecule has 3 saturated carbocycles. The largest absolute Gasteiger partial charge is 0.393 e. The molecule has 142 valence electrons. The molecule has 8 atom stereocenters. The molecule has 0 heterocycles. The number of ketones is 2. The van der Waals surface area contributed by atoms with E-state index < -0.39 is 6.10 Å². The number of rotatable bonds is 2. The maximum atomic E-state index is 12.6. The van der Waals surface area contributed by atoms with Gasteiger partial charge in [-0.15, -0.1) is 11.6 Å². The Kier molecular flexibility index (Phi) is 4.28. The summed E-state index contributed by atoms with van der Waals surface area (Å²) in [7, 11) is 0. The Balaban J connectivity index is 1.74. The molecule has 0 aromatic carbocycles. The first-order valence-corrected chi connectivity index (χ1v) is 10.5. The van der Waals surface area contributed by atoms with E-state index in [0.717, 1.165) is 19.3 Å². The molecule has 0 saturated heterocycles. The molecule has 0 aliphatic heterocycles. The van der Waals surface area contributed by atoms with Crippen molar-refractivity contribution in [3.05, 3.63) is 23.8 Å². The van der Waals surface area contributed by atoms with Gasteiger partial charge >= 0.3 is 0 Å². The standard InChI is InChI=1S/C22H29ClO3/c1-12-8-16-15-5-4-13-9-14(24)6-7-21(13,2)20(15)17(25)10-22(16,3)19(12)18(26)11-23/h6-7,9,12,15-17,19-20,25H,4-5,8,10-11H2,1-3H3/t12?,15?,16?,17?,19?,20?,21-,22?/m0/s1. The quantitative estimate of drug-likeness (QED) is 0.743. The molecule has 3 fully saturated rings. The third kappa shape index (κ3) is 2.36. The van der Waals surface area contributed by atoms with Gasteiger partial charge < -0.3 is 5.11 Å². The summed E-state index contributed by atoms with van der Waals surface area (Å²) in [5.74, 6) is 1.49. The van der Waals surface area contributed by atoms with Crippen LogP contribution >= 0.6 is 11.6 Å². The summed E-state index contributed by atoms with van der Waals surface area (Å²) in [6.45, 7) is 6.57. The number of Topliss-reactive ketones (excluding diaryl/α,β-unsaturated/α-hetero) is 1. The lowest BCUT2D eigenvalue weighted by Crippen LogP contribution is -2.56. The summed E-state index contributed by atoms with van der Waals surface area (Å²) in [6.07, 6.45) is 8.64. The van der Waals surface area contributed by atoms with Crippen LogP contribution in [-0.4, -0.2) is 28.7 Å². The normalized spacial score (nSPS) is 49.9. The van der Waals surface area contributed by atoms with Gasteiger partial charge in [0.1, 0.15) is 0 Å². The summed E-state index contributed by atoms with van der Waals surface area (Å²) in [6, 6.07) is 0. The molecule has 0 amide bonds. The van der Waals surface area contributed by atoms with E-state index in [2.05, 4.69) is 20.8 Å². The number of aliphatic hydroxyl groups excluding tert-OH is 1. The lowest BCUT2D eigenvalue weighted by molar-refractivity contribution is -0.138. The SMILES string of the molecule is CC1CC2C3CCC4=CC(=O)C=C[C@]4(C)C3C(O)CC2(C)C1C(=O)CCl. The number of hydrogen-bond acceptors (Lipinski definition) is 3. The van der Waals surface area contributed by atoms with E-state index in [-0.39, 0.29) is 40.1 Å². The smallest absolute Gasteiger partial charge is 0.178 e. The van der Waals surface area contributed by atoms with Gasteiger partial charge in [-0.1, -0.05) is 32.4 Å². The second-order valence-corrected chi connectivity index (χ2v) is 9.86. The minimum Gasteiger partial charge on any atom is -0.393 e. The van der Waals surface area contributed by atoms with Gasteiger partial charge in [-0.2, -0.15) is 0 Å². The van der Waals surface area contributed by atoms with Gasteiger partial charge in [-0.25, -0.2) is 0 Å². The molecule has 0 aromatic heterocycles. The highest BCUT2D eigenvalue weighted by Crippen LogP contribution is 2.67. The van der Waals surface area contributed by atoms with Gasteiger partial charge in [-0.05, 0) is 61.0 Å². The van der Waals surface area contributed by atoms with Crippen LogP contribution in [0.2, 0.25) is 0 Å². The summed E-state index contributed by atoms with van der Waals surface area (Å²) in [4.78, 5) is 24.5. The van der Waals surface area contributed by atoms with Crippen molar-refractivity contribution in [3.63, 3.8) is 0 Å². The van der Waals surface area contributed by atoms with Crippen molar-refractivity contribution < 1.29 is 14.7 Å². The van der Waals surface area contributed by atoms with Crippen LogP contribution in [0.25, 0.3) is 0 Å². The van der Waals surface area contributed by atoms with Crippen LogP contribution in [0.15, 0.2) is 23.8 Å². The first kappa shape index (κ1) is 18.4. The zero-order valence-corrected chi connectivity index (χ0v) is 16.6. The lowest BCUT2D eigenvalue weighted by atomic mass is 9.46. The molecule has 4 aliphatic carbocycles. The average molecular weight is 377 g/mol. The lowest BCUT2D eigenvalue weighted by Gasteiger charge is -2.58. The Morgan fingerprint density at radius 3 is 2.81 bits per heavy atom. The molecule has 4 heteroatoms. The second kappa shape index (κ2) is 6.04. The predicted octanol–water partition coefficient (Wildman–Crippen LogP) is 3.94. The zero-order chi connectivity index (χ0) is 18.9. The van der Waals surface area contributed by atoms with Gasteiger partial charge in [-0.3, -0.25) is 9.59 Å². The van der Waals surface area contributed by atoms with Crippen molar-refractivity contribution in [1.82, 2.24) is 0 Å². The number of hydrogen-bond donors (Lipinski definition) is 1. The number of fused-ring (bicyclic) bond motifs is 5. The third-order valence-corrected chi connectivity index (χ3v) is 8.58. The molecule has 3 nitrogen and oxygen atoms in total. The maximum Gasteiger partial charge on any atom is 0.178 e. The highest BCUT2D eigenvalue weighted by molar-refractivity contribution is 6.28. The van der Waals surface area contributed by atoms with E-state index in [1.807, 2.05) is 6.08 Å². The molecule has 0 aromatic rings. The van der Waals surface area contributed by atoms with E-state index in [9.17, 15) is 14.7 Å². The fraction of sp³-hybridized carbons (Fsp3) is 0.727. The van der Waals surface area contributed by atoms with E-state index in [1.165, 1.54) is 5.57 Å². The van der Waals surface area contributed by atoms with Crippen LogP contribution in [0.5, 0.6) is 0 Å². The van der Waals surface area contributed by atoms with Crippen LogP contribution in [0.4, 0.5) is 0 Å². The topological polar surface area (TPSA) is 54.4 Å². The Morgan fingerprint density at radius 1 is 1.38 bits per heavy atom. The van der Waals surface area contributed by atoms with Crippen molar-refractivity contribution in [1.29, 1.82) is 0 Å². The first-order valence-electron chi connectivity index (χ1n) is 9.93. The minimum atomic E-state index is -0.455. The van der Waals surface area contributed by atoms with Gasteiger partial charge in [0.25, 0.3) is 0 Å². The average Bonchev–Trinajstić information content (AvgIpc) is 2.84. The summed E-state index contributed by atoms with van der Waals surface area (Å²) in [5, 5.41) is 11.3. The molecule has 0 spiro atoms. The van der Waals surface area contributed by atoms with Crippen molar-refractivity contribution in [2.45, 2.75) is 52.6 Å². The molecule has 4 rings (SSSR count). The summed E-state index contributed by atoms with van der Waals surface area (Å²) in [5.41, 5.74) is 0.765. The number of halogens is 1. The predicted molar refractivity (Wildman–Crippen MR) is 102 cm³/mol. The third-order valence-electron chi connectivity index (χ3n) is 8.31.